The van der Waals surface area contributed by atoms with Gasteiger partial charge in [-0.1, -0.05) is 0 Å². The van der Waals surface area contributed by atoms with Crippen molar-refractivity contribution in [3.05, 3.63) is 48.2 Å². The zero-order chi connectivity index (χ0) is 22.5. The van der Waals surface area contributed by atoms with E-state index in [0.717, 1.165) is 51.3 Å². The third-order valence-electron chi connectivity index (χ3n) is 5.13. The predicted octanol–water partition coefficient (Wildman–Crippen LogP) is 3.49. The van der Waals surface area contributed by atoms with Crippen molar-refractivity contribution in [3.63, 3.8) is 0 Å². The molecular formula is C21H26F3N3O3S. The number of rotatable bonds is 7. The molecule has 1 saturated heterocycles. The van der Waals surface area contributed by atoms with Gasteiger partial charge in [0.1, 0.15) is 11.6 Å². The quantitative estimate of drug-likeness (QED) is 0.594. The number of benzene rings is 1. The summed E-state index contributed by atoms with van der Waals surface area (Å²) >= 11 is 0. The van der Waals surface area contributed by atoms with Crippen LogP contribution in [-0.4, -0.2) is 63.9 Å². The van der Waals surface area contributed by atoms with Crippen molar-refractivity contribution in [1.82, 2.24) is 9.88 Å². The first kappa shape index (κ1) is 23.3. The van der Waals surface area contributed by atoms with Crippen LogP contribution in [0.3, 0.4) is 0 Å². The second-order valence-electron chi connectivity index (χ2n) is 7.53. The van der Waals surface area contributed by atoms with Crippen LogP contribution in [0.15, 0.2) is 47.5 Å². The van der Waals surface area contributed by atoms with Gasteiger partial charge >= 0.3 is 6.18 Å². The van der Waals surface area contributed by atoms with Crippen molar-refractivity contribution in [3.8, 4) is 5.75 Å². The molecule has 170 valence electrons. The Morgan fingerprint density at radius 1 is 1.03 bits per heavy atom. The van der Waals surface area contributed by atoms with E-state index in [0.29, 0.717) is 24.7 Å². The van der Waals surface area contributed by atoms with Crippen molar-refractivity contribution in [1.29, 1.82) is 0 Å². The molecule has 2 aromatic rings. The number of nitrogens with zero attached hydrogens (tertiary/aromatic N) is 3. The van der Waals surface area contributed by atoms with Gasteiger partial charge in [0.05, 0.1) is 17.1 Å². The van der Waals surface area contributed by atoms with Gasteiger partial charge in [-0.05, 0) is 55.8 Å². The summed E-state index contributed by atoms with van der Waals surface area (Å²) in [5.41, 5.74) is -0.737. The highest BCUT2D eigenvalue weighted by Gasteiger charge is 2.31. The lowest BCUT2D eigenvalue weighted by atomic mass is 10.2. The van der Waals surface area contributed by atoms with Gasteiger partial charge in [0, 0.05) is 38.6 Å². The van der Waals surface area contributed by atoms with Crippen LogP contribution in [0.5, 0.6) is 5.75 Å². The summed E-state index contributed by atoms with van der Waals surface area (Å²) in [6.07, 6.45) is -0.613. The van der Waals surface area contributed by atoms with E-state index in [9.17, 15) is 21.6 Å². The fourth-order valence-electron chi connectivity index (χ4n) is 3.43. The summed E-state index contributed by atoms with van der Waals surface area (Å²) in [4.78, 5) is 8.58. The van der Waals surface area contributed by atoms with Crippen molar-refractivity contribution in [2.24, 2.45) is 0 Å². The fourth-order valence-corrected chi connectivity index (χ4v) is 4.06. The first-order valence-electron chi connectivity index (χ1n) is 10.1. The van der Waals surface area contributed by atoms with E-state index in [1.54, 1.807) is 12.1 Å². The van der Waals surface area contributed by atoms with Crippen LogP contribution < -0.4 is 9.64 Å². The van der Waals surface area contributed by atoms with Gasteiger partial charge in [-0.3, -0.25) is 0 Å². The Labute approximate surface area is 180 Å². The lowest BCUT2D eigenvalue weighted by Crippen LogP contribution is -2.32. The molecule has 0 N–H and O–H groups in total. The molecule has 0 unspecified atom stereocenters. The van der Waals surface area contributed by atoms with E-state index in [1.165, 1.54) is 24.5 Å². The molecule has 6 nitrogen and oxygen atoms in total. The molecule has 1 fully saturated rings. The highest BCUT2D eigenvalue weighted by atomic mass is 32.2. The van der Waals surface area contributed by atoms with Crippen molar-refractivity contribution in [2.75, 3.05) is 50.5 Å². The van der Waals surface area contributed by atoms with E-state index in [2.05, 4.69) is 9.88 Å². The van der Waals surface area contributed by atoms with E-state index in [1.807, 2.05) is 4.90 Å². The number of pyridine rings is 1. The molecule has 2 heterocycles. The van der Waals surface area contributed by atoms with Crippen LogP contribution in [0.1, 0.15) is 18.4 Å². The molecule has 1 aliphatic heterocycles. The second kappa shape index (κ2) is 9.86. The number of ether oxygens (including phenoxy) is 1. The number of hydrogen-bond donors (Lipinski definition) is 0. The Morgan fingerprint density at radius 3 is 2.39 bits per heavy atom. The Hall–Kier alpha value is -2.33. The van der Waals surface area contributed by atoms with Crippen molar-refractivity contribution < 1.29 is 26.3 Å². The summed E-state index contributed by atoms with van der Waals surface area (Å²) in [6, 6.07) is 8.87. The molecule has 0 radical (unpaired) electrons. The highest BCUT2D eigenvalue weighted by molar-refractivity contribution is 7.90. The standard InChI is InChI=1S/C21H26F3N3O3S/c1-31(28,29)19-7-5-18(6-8-19)30-15-3-11-26-10-2-12-27(14-13-26)20-9-4-17(16-25-20)21(22,23)24/h4-9,16H,2-3,10-15H2,1H3. The number of sulfone groups is 1. The molecule has 0 bridgehead atoms. The summed E-state index contributed by atoms with van der Waals surface area (Å²) in [5.74, 6) is 1.19. The zero-order valence-electron chi connectivity index (χ0n) is 17.3. The fraction of sp³-hybridized carbons (Fsp3) is 0.476. The van der Waals surface area contributed by atoms with Crippen molar-refractivity contribution >= 4 is 15.7 Å². The molecule has 3 rings (SSSR count). The molecule has 1 aromatic heterocycles. The Balaban J connectivity index is 1.42. The summed E-state index contributed by atoms with van der Waals surface area (Å²) in [7, 11) is -3.22. The normalized spacial score (nSPS) is 16.2. The van der Waals surface area contributed by atoms with E-state index >= 15 is 0 Å². The summed E-state index contributed by atoms with van der Waals surface area (Å²) in [5, 5.41) is 0. The molecule has 0 saturated carbocycles. The van der Waals surface area contributed by atoms with Gasteiger partial charge < -0.3 is 14.5 Å². The van der Waals surface area contributed by atoms with Gasteiger partial charge in [0.2, 0.25) is 0 Å². The van der Waals surface area contributed by atoms with Crippen LogP contribution in [0, 0.1) is 0 Å². The molecule has 0 atom stereocenters. The Kier molecular flexibility index (Phi) is 7.42. The van der Waals surface area contributed by atoms with Gasteiger partial charge in [-0.25, -0.2) is 13.4 Å². The first-order valence-corrected chi connectivity index (χ1v) is 12.0. The van der Waals surface area contributed by atoms with Crippen LogP contribution in [-0.2, 0) is 16.0 Å². The topological polar surface area (TPSA) is 62.7 Å². The average molecular weight is 458 g/mol. The lowest BCUT2D eigenvalue weighted by molar-refractivity contribution is -0.137. The summed E-state index contributed by atoms with van der Waals surface area (Å²) in [6.45, 7) is 4.50. The third-order valence-corrected chi connectivity index (χ3v) is 6.26. The minimum atomic E-state index is -4.38. The molecular weight excluding hydrogens is 431 g/mol. The average Bonchev–Trinajstić information content (AvgIpc) is 2.96. The lowest BCUT2D eigenvalue weighted by Gasteiger charge is -2.23. The number of alkyl halides is 3. The van der Waals surface area contributed by atoms with Crippen LogP contribution in [0.2, 0.25) is 0 Å². The van der Waals surface area contributed by atoms with Gasteiger partial charge in [-0.15, -0.1) is 0 Å². The second-order valence-corrected chi connectivity index (χ2v) is 9.55. The number of aromatic nitrogens is 1. The van der Waals surface area contributed by atoms with E-state index < -0.39 is 21.6 Å². The van der Waals surface area contributed by atoms with Gasteiger partial charge in [0.25, 0.3) is 0 Å². The molecule has 0 amide bonds. The first-order chi connectivity index (χ1) is 14.6. The highest BCUT2D eigenvalue weighted by Crippen LogP contribution is 2.29. The Morgan fingerprint density at radius 2 is 1.77 bits per heavy atom. The molecule has 31 heavy (non-hydrogen) atoms. The summed E-state index contributed by atoms with van der Waals surface area (Å²) < 4.78 is 66.8. The van der Waals surface area contributed by atoms with Crippen molar-refractivity contribution in [2.45, 2.75) is 23.9 Å². The number of anilines is 1. The molecule has 10 heteroatoms. The largest absolute Gasteiger partial charge is 0.494 e. The predicted molar refractivity (Wildman–Crippen MR) is 112 cm³/mol. The zero-order valence-corrected chi connectivity index (χ0v) is 18.1. The van der Waals surface area contributed by atoms with Gasteiger partial charge in [-0.2, -0.15) is 13.2 Å². The van der Waals surface area contributed by atoms with Gasteiger partial charge in [0.15, 0.2) is 9.84 Å². The monoisotopic (exact) mass is 457 g/mol. The molecule has 1 aliphatic rings. The number of halogens is 3. The van der Waals surface area contributed by atoms with E-state index in [4.69, 9.17) is 4.74 Å². The number of hydrogen-bond acceptors (Lipinski definition) is 6. The minimum absolute atomic E-state index is 0.261. The molecule has 0 aliphatic carbocycles. The SMILES string of the molecule is CS(=O)(=O)c1ccc(OCCCN2CCCN(c3ccc(C(F)(F)F)cn3)CC2)cc1. The maximum Gasteiger partial charge on any atom is 0.417 e. The van der Waals surface area contributed by atoms with Crippen LogP contribution >= 0.6 is 0 Å². The van der Waals surface area contributed by atoms with E-state index in [-0.39, 0.29) is 4.90 Å². The Bertz CT molecular complexity index is 949. The third kappa shape index (κ3) is 6.83. The minimum Gasteiger partial charge on any atom is -0.494 e. The smallest absolute Gasteiger partial charge is 0.417 e. The molecule has 0 spiro atoms. The van der Waals surface area contributed by atoms with Crippen LogP contribution in [0.25, 0.3) is 0 Å². The van der Waals surface area contributed by atoms with Crippen LogP contribution in [0.4, 0.5) is 19.0 Å². The maximum atomic E-state index is 12.7. The molecule has 1 aromatic carbocycles. The maximum absolute atomic E-state index is 12.7.